The van der Waals surface area contributed by atoms with Crippen molar-refractivity contribution < 1.29 is 9.47 Å². The molecule has 0 amide bonds. The van der Waals surface area contributed by atoms with Gasteiger partial charge in [0.2, 0.25) is 0 Å². The lowest BCUT2D eigenvalue weighted by Gasteiger charge is -2.26. The predicted molar refractivity (Wildman–Crippen MR) is 104 cm³/mol. The summed E-state index contributed by atoms with van der Waals surface area (Å²) < 4.78 is 11.1. The number of aliphatic imine (C=N–C) groups is 1. The molecular formula is C20H39N3O2. The molecule has 1 saturated heterocycles. The largest absolute Gasteiger partial charge is 0.381 e. The van der Waals surface area contributed by atoms with Crippen LogP contribution >= 0.6 is 0 Å². The second-order valence-corrected chi connectivity index (χ2v) is 7.60. The van der Waals surface area contributed by atoms with Crippen LogP contribution in [0, 0.1) is 17.8 Å². The van der Waals surface area contributed by atoms with Gasteiger partial charge in [-0.3, -0.25) is 4.99 Å². The topological polar surface area (TPSA) is 54.9 Å². The molecule has 0 radical (unpaired) electrons. The summed E-state index contributed by atoms with van der Waals surface area (Å²) in [6, 6.07) is 0. The molecule has 25 heavy (non-hydrogen) atoms. The molecule has 2 aliphatic rings. The van der Waals surface area contributed by atoms with Crippen LogP contribution < -0.4 is 10.6 Å². The molecule has 1 aliphatic heterocycles. The molecule has 2 N–H and O–H groups in total. The minimum atomic E-state index is 0.606. The molecule has 1 aliphatic carbocycles. The lowest BCUT2D eigenvalue weighted by molar-refractivity contribution is 0.0888. The molecule has 5 nitrogen and oxygen atoms in total. The van der Waals surface area contributed by atoms with E-state index in [1.165, 1.54) is 32.1 Å². The van der Waals surface area contributed by atoms with Crippen LogP contribution in [0.15, 0.2) is 4.99 Å². The van der Waals surface area contributed by atoms with Crippen LogP contribution in [0.2, 0.25) is 0 Å². The Kier molecular flexibility index (Phi) is 10.3. The highest BCUT2D eigenvalue weighted by Gasteiger charge is 2.19. The zero-order chi connectivity index (χ0) is 17.7. The van der Waals surface area contributed by atoms with Crippen molar-refractivity contribution in [3.8, 4) is 0 Å². The van der Waals surface area contributed by atoms with Crippen LogP contribution in [-0.2, 0) is 9.47 Å². The first-order chi connectivity index (χ1) is 12.3. The van der Waals surface area contributed by atoms with Gasteiger partial charge in [0, 0.05) is 38.8 Å². The molecule has 0 aromatic rings. The Bertz CT molecular complexity index is 362. The van der Waals surface area contributed by atoms with Gasteiger partial charge < -0.3 is 20.1 Å². The van der Waals surface area contributed by atoms with Crippen molar-refractivity contribution in [2.24, 2.45) is 22.7 Å². The summed E-state index contributed by atoms with van der Waals surface area (Å²) in [5, 5.41) is 6.80. The molecule has 1 saturated carbocycles. The molecule has 0 spiro atoms. The van der Waals surface area contributed by atoms with E-state index in [1.807, 2.05) is 0 Å². The lowest BCUT2D eigenvalue weighted by atomic mass is 9.81. The van der Waals surface area contributed by atoms with Crippen molar-refractivity contribution in [3.05, 3.63) is 0 Å². The normalized spacial score (nSPS) is 27.4. The minimum Gasteiger partial charge on any atom is -0.381 e. The Morgan fingerprint density at radius 1 is 1.04 bits per heavy atom. The minimum absolute atomic E-state index is 0.606. The van der Waals surface area contributed by atoms with Crippen LogP contribution in [0.3, 0.4) is 0 Å². The molecular weight excluding hydrogens is 314 g/mol. The van der Waals surface area contributed by atoms with E-state index in [4.69, 9.17) is 14.5 Å². The zero-order valence-corrected chi connectivity index (χ0v) is 16.4. The maximum Gasteiger partial charge on any atom is 0.191 e. The van der Waals surface area contributed by atoms with Crippen LogP contribution in [0.25, 0.3) is 0 Å². The van der Waals surface area contributed by atoms with Crippen molar-refractivity contribution >= 4 is 5.96 Å². The number of ether oxygens (including phenoxy) is 2. The van der Waals surface area contributed by atoms with E-state index in [1.54, 1.807) is 0 Å². The fourth-order valence-electron chi connectivity index (χ4n) is 3.73. The SMILES string of the molecule is CCNC(=NCC1CCC(CC)CC1)NCCCOCC1CCOC1. The van der Waals surface area contributed by atoms with Gasteiger partial charge in [-0.2, -0.15) is 0 Å². The van der Waals surface area contributed by atoms with Gasteiger partial charge in [-0.15, -0.1) is 0 Å². The second kappa shape index (κ2) is 12.5. The van der Waals surface area contributed by atoms with E-state index in [0.717, 1.165) is 76.7 Å². The Labute approximate surface area is 154 Å². The van der Waals surface area contributed by atoms with Gasteiger partial charge in [0.15, 0.2) is 5.96 Å². The maximum atomic E-state index is 5.75. The van der Waals surface area contributed by atoms with E-state index in [0.29, 0.717) is 5.92 Å². The van der Waals surface area contributed by atoms with E-state index in [2.05, 4.69) is 24.5 Å². The van der Waals surface area contributed by atoms with E-state index < -0.39 is 0 Å². The predicted octanol–water partition coefficient (Wildman–Crippen LogP) is 3.20. The highest BCUT2D eigenvalue weighted by atomic mass is 16.5. The smallest absolute Gasteiger partial charge is 0.191 e. The average molecular weight is 354 g/mol. The first-order valence-corrected chi connectivity index (χ1v) is 10.5. The van der Waals surface area contributed by atoms with Crippen LogP contribution in [0.5, 0.6) is 0 Å². The Morgan fingerprint density at radius 2 is 1.84 bits per heavy atom. The number of hydrogen-bond donors (Lipinski definition) is 2. The number of nitrogens with one attached hydrogen (secondary N) is 2. The van der Waals surface area contributed by atoms with Crippen LogP contribution in [0.4, 0.5) is 0 Å². The van der Waals surface area contributed by atoms with Gasteiger partial charge in [0.25, 0.3) is 0 Å². The van der Waals surface area contributed by atoms with Gasteiger partial charge in [-0.25, -0.2) is 0 Å². The van der Waals surface area contributed by atoms with Gasteiger partial charge in [0.05, 0.1) is 13.2 Å². The van der Waals surface area contributed by atoms with Crippen molar-refractivity contribution in [3.63, 3.8) is 0 Å². The van der Waals surface area contributed by atoms with Gasteiger partial charge in [-0.05, 0) is 44.4 Å². The van der Waals surface area contributed by atoms with Crippen LogP contribution in [0.1, 0.15) is 58.8 Å². The first-order valence-electron chi connectivity index (χ1n) is 10.5. The van der Waals surface area contributed by atoms with Crippen molar-refractivity contribution in [2.45, 2.75) is 58.8 Å². The fourth-order valence-corrected chi connectivity index (χ4v) is 3.73. The molecule has 2 fully saturated rings. The molecule has 1 atom stereocenters. The molecule has 146 valence electrons. The average Bonchev–Trinajstić information content (AvgIpc) is 3.16. The lowest BCUT2D eigenvalue weighted by Crippen LogP contribution is -2.38. The molecule has 0 aromatic heterocycles. The highest BCUT2D eigenvalue weighted by Crippen LogP contribution is 2.30. The third-order valence-corrected chi connectivity index (χ3v) is 5.53. The number of hydrogen-bond acceptors (Lipinski definition) is 3. The molecule has 0 bridgehead atoms. The standard InChI is InChI=1S/C20H39N3O2/c1-3-17-6-8-18(9-7-17)14-23-20(21-4-2)22-11-5-12-24-15-19-10-13-25-16-19/h17-19H,3-16H2,1-2H3,(H2,21,22,23). The Hall–Kier alpha value is -0.810. The summed E-state index contributed by atoms with van der Waals surface area (Å²) >= 11 is 0. The quantitative estimate of drug-likeness (QED) is 0.360. The Balaban J connectivity index is 1.55. The summed E-state index contributed by atoms with van der Waals surface area (Å²) in [7, 11) is 0. The molecule has 1 heterocycles. The monoisotopic (exact) mass is 353 g/mol. The summed E-state index contributed by atoms with van der Waals surface area (Å²) in [5.41, 5.74) is 0. The zero-order valence-electron chi connectivity index (χ0n) is 16.4. The second-order valence-electron chi connectivity index (χ2n) is 7.60. The fraction of sp³-hybridized carbons (Fsp3) is 0.950. The summed E-state index contributed by atoms with van der Waals surface area (Å²) in [6.45, 7) is 10.6. The highest BCUT2D eigenvalue weighted by molar-refractivity contribution is 5.79. The first kappa shape index (κ1) is 20.5. The number of rotatable bonds is 10. The van der Waals surface area contributed by atoms with E-state index >= 15 is 0 Å². The van der Waals surface area contributed by atoms with Crippen molar-refractivity contribution in [1.82, 2.24) is 10.6 Å². The van der Waals surface area contributed by atoms with Gasteiger partial charge in [0.1, 0.15) is 0 Å². The van der Waals surface area contributed by atoms with E-state index in [-0.39, 0.29) is 0 Å². The number of nitrogens with zero attached hydrogens (tertiary/aromatic N) is 1. The molecule has 1 unspecified atom stereocenters. The van der Waals surface area contributed by atoms with Crippen molar-refractivity contribution in [1.29, 1.82) is 0 Å². The summed E-state index contributed by atoms with van der Waals surface area (Å²) in [6.07, 6.45) is 8.99. The molecule has 5 heteroatoms. The summed E-state index contributed by atoms with van der Waals surface area (Å²) in [5.74, 6) is 3.30. The Morgan fingerprint density at radius 3 is 2.52 bits per heavy atom. The van der Waals surface area contributed by atoms with Crippen LogP contribution in [-0.4, -0.2) is 52.0 Å². The van der Waals surface area contributed by atoms with Crippen molar-refractivity contribution in [2.75, 3.05) is 46.1 Å². The van der Waals surface area contributed by atoms with Gasteiger partial charge in [-0.1, -0.05) is 26.2 Å². The number of guanidine groups is 1. The van der Waals surface area contributed by atoms with Gasteiger partial charge >= 0.3 is 0 Å². The third-order valence-electron chi connectivity index (χ3n) is 5.53. The summed E-state index contributed by atoms with van der Waals surface area (Å²) in [4.78, 5) is 4.81. The molecule has 0 aromatic carbocycles. The third kappa shape index (κ3) is 8.41. The molecule has 2 rings (SSSR count). The maximum absolute atomic E-state index is 5.75. The van der Waals surface area contributed by atoms with E-state index in [9.17, 15) is 0 Å².